The van der Waals surface area contributed by atoms with E-state index in [2.05, 4.69) is 22.9 Å². The Morgan fingerprint density at radius 2 is 1.83 bits per heavy atom. The minimum atomic E-state index is -1.48. The molecule has 0 saturated heterocycles. The molecule has 162 valence electrons. The van der Waals surface area contributed by atoms with Crippen LogP contribution in [0.3, 0.4) is 0 Å². The molecule has 4 fully saturated rings. The quantitative estimate of drug-likeness (QED) is 0.491. The molecule has 0 aromatic heterocycles. The van der Waals surface area contributed by atoms with Crippen LogP contribution in [0.15, 0.2) is 0 Å². The SMILES string of the molecule is CC(=O)O[C@@H]1CC[C@@]2(C)[C@@H](CC[C@H]3[C@H]2C(=O)C[C@]2(C)[C@@H]3C[C@H](Br)[C@]2(O)C(C)=O)C1. The summed E-state index contributed by atoms with van der Waals surface area (Å²) < 4.78 is 5.50. The van der Waals surface area contributed by atoms with Gasteiger partial charge >= 0.3 is 5.97 Å². The van der Waals surface area contributed by atoms with Crippen molar-refractivity contribution in [3.8, 4) is 0 Å². The maximum atomic E-state index is 13.6. The van der Waals surface area contributed by atoms with E-state index >= 15 is 0 Å². The number of esters is 1. The lowest BCUT2D eigenvalue weighted by molar-refractivity contribution is -0.180. The van der Waals surface area contributed by atoms with Crippen LogP contribution in [-0.4, -0.2) is 39.2 Å². The number of aliphatic hydroxyl groups is 1. The first-order valence-electron chi connectivity index (χ1n) is 11.0. The highest BCUT2D eigenvalue weighted by Crippen LogP contribution is 2.68. The van der Waals surface area contributed by atoms with Gasteiger partial charge in [0.05, 0.1) is 4.83 Å². The van der Waals surface area contributed by atoms with Crippen molar-refractivity contribution >= 4 is 33.5 Å². The molecular weight excluding hydrogens is 436 g/mol. The average Bonchev–Trinajstić information content (AvgIpc) is 2.82. The van der Waals surface area contributed by atoms with Gasteiger partial charge in [0.15, 0.2) is 5.78 Å². The first kappa shape index (κ1) is 21.5. The molecule has 0 spiro atoms. The van der Waals surface area contributed by atoms with Crippen molar-refractivity contribution in [2.24, 2.45) is 34.5 Å². The molecule has 0 aromatic carbocycles. The Balaban J connectivity index is 1.65. The summed E-state index contributed by atoms with van der Waals surface area (Å²) in [5.74, 6) is 0.475. The Labute approximate surface area is 181 Å². The minimum absolute atomic E-state index is 0.0217. The number of hydrogen-bond donors (Lipinski definition) is 1. The molecule has 0 radical (unpaired) electrons. The molecule has 0 unspecified atom stereocenters. The second kappa shape index (κ2) is 6.88. The van der Waals surface area contributed by atoms with Crippen LogP contribution in [0.2, 0.25) is 0 Å². The van der Waals surface area contributed by atoms with Gasteiger partial charge in [-0.15, -0.1) is 0 Å². The fraction of sp³-hybridized carbons (Fsp3) is 0.870. The summed E-state index contributed by atoms with van der Waals surface area (Å²) >= 11 is 3.61. The number of halogens is 1. The summed E-state index contributed by atoms with van der Waals surface area (Å²) in [5.41, 5.74) is -2.27. The minimum Gasteiger partial charge on any atom is -0.463 e. The first-order valence-corrected chi connectivity index (χ1v) is 11.9. The Kier molecular flexibility index (Phi) is 5.09. The van der Waals surface area contributed by atoms with E-state index < -0.39 is 11.0 Å². The van der Waals surface area contributed by atoms with Crippen molar-refractivity contribution in [2.75, 3.05) is 0 Å². The van der Waals surface area contributed by atoms with Gasteiger partial charge in [0.1, 0.15) is 17.5 Å². The number of hydrogen-bond acceptors (Lipinski definition) is 5. The largest absolute Gasteiger partial charge is 0.463 e. The van der Waals surface area contributed by atoms with E-state index in [1.54, 1.807) is 0 Å². The monoisotopic (exact) mass is 468 g/mol. The highest BCUT2D eigenvalue weighted by atomic mass is 79.9. The zero-order valence-electron chi connectivity index (χ0n) is 17.9. The van der Waals surface area contributed by atoms with Gasteiger partial charge in [-0.1, -0.05) is 29.8 Å². The van der Waals surface area contributed by atoms with Crippen LogP contribution in [-0.2, 0) is 19.1 Å². The normalized spacial score (nSPS) is 51.6. The number of ketones is 2. The number of alkyl halides is 1. The van der Waals surface area contributed by atoms with Crippen molar-refractivity contribution in [3.05, 3.63) is 0 Å². The molecule has 5 nitrogen and oxygen atoms in total. The number of rotatable bonds is 2. The molecule has 4 rings (SSSR count). The molecular formula is C23H33BrO5. The van der Waals surface area contributed by atoms with E-state index in [1.807, 2.05) is 6.92 Å². The Bertz CT molecular complexity index is 752. The topological polar surface area (TPSA) is 80.7 Å². The maximum Gasteiger partial charge on any atom is 0.302 e. The highest BCUT2D eigenvalue weighted by molar-refractivity contribution is 9.09. The Morgan fingerprint density at radius 3 is 2.45 bits per heavy atom. The predicted octanol–water partition coefficient (Wildman–Crippen LogP) is 3.83. The van der Waals surface area contributed by atoms with E-state index in [0.717, 1.165) is 38.5 Å². The molecule has 0 heterocycles. The molecule has 4 aliphatic rings. The van der Waals surface area contributed by atoms with Gasteiger partial charge in [-0.25, -0.2) is 0 Å². The van der Waals surface area contributed by atoms with Crippen molar-refractivity contribution in [1.82, 2.24) is 0 Å². The van der Waals surface area contributed by atoms with Crippen LogP contribution in [0.4, 0.5) is 0 Å². The molecule has 0 aliphatic heterocycles. The Hall–Kier alpha value is -0.750. The van der Waals surface area contributed by atoms with Crippen molar-refractivity contribution in [1.29, 1.82) is 0 Å². The summed E-state index contributed by atoms with van der Waals surface area (Å²) in [4.78, 5) is 37.2. The van der Waals surface area contributed by atoms with Crippen LogP contribution in [0, 0.1) is 34.5 Å². The highest BCUT2D eigenvalue weighted by Gasteiger charge is 2.71. The summed E-state index contributed by atoms with van der Waals surface area (Å²) in [5, 5.41) is 11.4. The standard InChI is InChI=1S/C23H33BrO5/c1-12(25)23(28)19(24)10-17-16-6-5-14-9-15(29-13(2)26)7-8-21(14,3)20(16)18(27)11-22(17,23)4/h14-17,19-20,28H,5-11H2,1-4H3/t14-,15+,16+,17+,19-,20-,21-,22+,23+/m0/s1. The van der Waals surface area contributed by atoms with Crippen LogP contribution in [0.5, 0.6) is 0 Å². The average molecular weight is 469 g/mol. The van der Waals surface area contributed by atoms with Gasteiger partial charge in [0, 0.05) is 24.7 Å². The fourth-order valence-corrected chi connectivity index (χ4v) is 9.22. The van der Waals surface area contributed by atoms with Gasteiger partial charge in [0.2, 0.25) is 0 Å². The number of carbonyl (C=O) groups is 3. The van der Waals surface area contributed by atoms with E-state index in [-0.39, 0.29) is 58.1 Å². The van der Waals surface area contributed by atoms with Crippen LogP contribution in [0.1, 0.15) is 72.6 Å². The molecule has 4 aliphatic carbocycles. The van der Waals surface area contributed by atoms with Crippen LogP contribution >= 0.6 is 15.9 Å². The molecule has 6 heteroatoms. The third kappa shape index (κ3) is 2.84. The van der Waals surface area contributed by atoms with Gasteiger partial charge in [-0.3, -0.25) is 14.4 Å². The summed E-state index contributed by atoms with van der Waals surface area (Å²) in [6.07, 6.45) is 5.46. The van der Waals surface area contributed by atoms with Gasteiger partial charge < -0.3 is 9.84 Å². The number of fused-ring (bicyclic) bond motifs is 5. The lowest BCUT2D eigenvalue weighted by atomic mass is 9.44. The van der Waals surface area contributed by atoms with E-state index in [1.165, 1.54) is 13.8 Å². The van der Waals surface area contributed by atoms with Crippen LogP contribution < -0.4 is 0 Å². The zero-order chi connectivity index (χ0) is 21.4. The van der Waals surface area contributed by atoms with Gasteiger partial charge in [0.25, 0.3) is 0 Å². The molecule has 0 amide bonds. The third-order valence-electron chi connectivity index (χ3n) is 9.35. The molecule has 4 saturated carbocycles. The summed E-state index contributed by atoms with van der Waals surface area (Å²) in [6, 6.07) is 0. The molecule has 29 heavy (non-hydrogen) atoms. The van der Waals surface area contributed by atoms with E-state index in [4.69, 9.17) is 4.74 Å². The van der Waals surface area contributed by atoms with Gasteiger partial charge in [-0.2, -0.15) is 0 Å². The summed E-state index contributed by atoms with van der Waals surface area (Å²) in [7, 11) is 0. The lowest BCUT2D eigenvalue weighted by Crippen LogP contribution is -2.62. The number of carbonyl (C=O) groups excluding carboxylic acids is 3. The second-order valence-corrected chi connectivity index (χ2v) is 11.7. The zero-order valence-corrected chi connectivity index (χ0v) is 19.5. The molecule has 0 bridgehead atoms. The number of ether oxygens (including phenoxy) is 1. The first-order chi connectivity index (χ1) is 13.4. The molecule has 0 aromatic rings. The summed E-state index contributed by atoms with van der Waals surface area (Å²) in [6.45, 7) is 7.13. The van der Waals surface area contributed by atoms with Crippen molar-refractivity contribution in [2.45, 2.75) is 89.2 Å². The third-order valence-corrected chi connectivity index (χ3v) is 10.4. The molecule has 1 N–H and O–H groups in total. The van der Waals surface area contributed by atoms with E-state index in [9.17, 15) is 19.5 Å². The predicted molar refractivity (Wildman–Crippen MR) is 111 cm³/mol. The smallest absolute Gasteiger partial charge is 0.302 e. The lowest BCUT2D eigenvalue weighted by Gasteiger charge is -2.60. The van der Waals surface area contributed by atoms with Gasteiger partial charge in [-0.05, 0) is 68.6 Å². The van der Waals surface area contributed by atoms with Crippen molar-refractivity contribution in [3.63, 3.8) is 0 Å². The maximum absolute atomic E-state index is 13.6. The Morgan fingerprint density at radius 1 is 1.14 bits per heavy atom. The number of Topliss-reactive ketones (excluding diaryl/α,β-unsaturated/α-hetero) is 2. The van der Waals surface area contributed by atoms with E-state index in [0.29, 0.717) is 5.92 Å². The second-order valence-electron chi connectivity index (χ2n) is 10.6. The van der Waals surface area contributed by atoms with Crippen LogP contribution in [0.25, 0.3) is 0 Å². The molecule has 9 atom stereocenters. The van der Waals surface area contributed by atoms with Crippen molar-refractivity contribution < 1.29 is 24.2 Å². The fourth-order valence-electron chi connectivity index (χ4n) is 7.97.